The number of aromatic nitrogens is 2. The van der Waals surface area contributed by atoms with Gasteiger partial charge in [-0.1, -0.05) is 6.07 Å². The number of hydrogen-bond donors (Lipinski definition) is 1. The molecular formula is C13H17N3OS. The van der Waals surface area contributed by atoms with Gasteiger partial charge in [-0.25, -0.2) is 0 Å². The average molecular weight is 263 g/mol. The number of benzene rings is 1. The van der Waals surface area contributed by atoms with Gasteiger partial charge in [0, 0.05) is 35.6 Å². The number of ether oxygens (including phenoxy) is 1. The molecule has 18 heavy (non-hydrogen) atoms. The summed E-state index contributed by atoms with van der Waals surface area (Å²) in [6, 6.07) is 7.51. The quantitative estimate of drug-likeness (QED) is 0.494. The summed E-state index contributed by atoms with van der Waals surface area (Å²) in [5.41, 5.74) is 6.41. The smallest absolute Gasteiger partial charge is 0.121 e. The van der Waals surface area contributed by atoms with Crippen molar-refractivity contribution in [1.29, 1.82) is 0 Å². The molecule has 4 nitrogen and oxygen atoms in total. The minimum atomic E-state index is 0.705. The minimum absolute atomic E-state index is 0.705. The van der Waals surface area contributed by atoms with Crippen molar-refractivity contribution < 1.29 is 4.74 Å². The molecule has 0 aliphatic heterocycles. The fourth-order valence-electron chi connectivity index (χ4n) is 1.52. The molecule has 0 saturated carbocycles. The molecule has 0 amide bonds. The summed E-state index contributed by atoms with van der Waals surface area (Å²) in [7, 11) is 1.92. The fourth-order valence-corrected chi connectivity index (χ4v) is 2.36. The molecule has 0 aliphatic carbocycles. The Morgan fingerprint density at radius 2 is 2.33 bits per heavy atom. The summed E-state index contributed by atoms with van der Waals surface area (Å²) in [6.07, 6.45) is 4.89. The molecule has 0 spiro atoms. The van der Waals surface area contributed by atoms with Crippen LogP contribution >= 0.6 is 11.8 Å². The van der Waals surface area contributed by atoms with Gasteiger partial charge in [0.1, 0.15) is 5.75 Å². The van der Waals surface area contributed by atoms with E-state index in [0.29, 0.717) is 6.61 Å². The predicted molar refractivity (Wildman–Crippen MR) is 74.9 cm³/mol. The number of anilines is 1. The monoisotopic (exact) mass is 263 g/mol. The molecule has 1 heterocycles. The first-order valence-electron chi connectivity index (χ1n) is 5.84. The summed E-state index contributed by atoms with van der Waals surface area (Å²) >= 11 is 1.79. The SMILES string of the molecule is Cn1cc(SCCCOc2cccc(N)c2)cn1. The van der Waals surface area contributed by atoms with Crippen molar-refractivity contribution in [1.82, 2.24) is 9.78 Å². The maximum Gasteiger partial charge on any atom is 0.121 e. The number of rotatable bonds is 6. The van der Waals surface area contributed by atoms with E-state index >= 15 is 0 Å². The Kier molecular flexibility index (Phi) is 4.52. The Bertz CT molecular complexity index is 498. The van der Waals surface area contributed by atoms with Gasteiger partial charge in [0.05, 0.1) is 12.8 Å². The number of aryl methyl sites for hydroxylation is 1. The number of nitrogen functional groups attached to an aromatic ring is 1. The van der Waals surface area contributed by atoms with Crippen molar-refractivity contribution in [2.45, 2.75) is 11.3 Å². The third-order valence-electron chi connectivity index (χ3n) is 2.37. The second-order valence-electron chi connectivity index (χ2n) is 3.97. The van der Waals surface area contributed by atoms with E-state index in [1.165, 1.54) is 4.90 Å². The zero-order valence-electron chi connectivity index (χ0n) is 10.4. The normalized spacial score (nSPS) is 10.5. The molecule has 0 atom stereocenters. The van der Waals surface area contributed by atoms with E-state index in [9.17, 15) is 0 Å². The molecule has 0 radical (unpaired) electrons. The molecule has 1 aromatic heterocycles. The van der Waals surface area contributed by atoms with Crippen LogP contribution in [-0.4, -0.2) is 22.1 Å². The molecule has 0 saturated heterocycles. The standard InChI is InChI=1S/C13H17N3OS/c1-16-10-13(9-15-16)18-7-3-6-17-12-5-2-4-11(14)8-12/h2,4-5,8-10H,3,6-7,14H2,1H3. The van der Waals surface area contributed by atoms with E-state index in [2.05, 4.69) is 5.10 Å². The molecule has 96 valence electrons. The van der Waals surface area contributed by atoms with Crippen molar-refractivity contribution in [2.75, 3.05) is 18.1 Å². The third-order valence-corrected chi connectivity index (χ3v) is 3.40. The summed E-state index contributed by atoms with van der Waals surface area (Å²) in [5.74, 6) is 1.86. The van der Waals surface area contributed by atoms with Crippen LogP contribution < -0.4 is 10.5 Å². The average Bonchev–Trinajstić information content (AvgIpc) is 2.75. The van der Waals surface area contributed by atoms with Gasteiger partial charge in [-0.2, -0.15) is 5.10 Å². The van der Waals surface area contributed by atoms with Gasteiger partial charge in [-0.05, 0) is 18.6 Å². The Balaban J connectivity index is 1.64. The molecule has 5 heteroatoms. The summed E-state index contributed by atoms with van der Waals surface area (Å²) in [5, 5.41) is 4.12. The van der Waals surface area contributed by atoms with Crippen molar-refractivity contribution in [3.63, 3.8) is 0 Å². The van der Waals surface area contributed by atoms with Gasteiger partial charge in [0.25, 0.3) is 0 Å². The summed E-state index contributed by atoms with van der Waals surface area (Å²) < 4.78 is 7.43. The van der Waals surface area contributed by atoms with E-state index < -0.39 is 0 Å². The topological polar surface area (TPSA) is 53.1 Å². The van der Waals surface area contributed by atoms with Crippen LogP contribution in [-0.2, 0) is 7.05 Å². The number of nitrogens with zero attached hydrogens (tertiary/aromatic N) is 2. The highest BCUT2D eigenvalue weighted by atomic mass is 32.2. The minimum Gasteiger partial charge on any atom is -0.493 e. The van der Waals surface area contributed by atoms with E-state index in [1.54, 1.807) is 11.8 Å². The van der Waals surface area contributed by atoms with Gasteiger partial charge >= 0.3 is 0 Å². The highest BCUT2D eigenvalue weighted by Gasteiger charge is 1.98. The van der Waals surface area contributed by atoms with Gasteiger partial charge < -0.3 is 10.5 Å². The van der Waals surface area contributed by atoms with Gasteiger partial charge in [-0.15, -0.1) is 11.8 Å². The Hall–Kier alpha value is -1.62. The highest BCUT2D eigenvalue weighted by molar-refractivity contribution is 7.99. The van der Waals surface area contributed by atoms with Crippen LogP contribution in [0.2, 0.25) is 0 Å². The molecule has 1 aromatic carbocycles. The third kappa shape index (κ3) is 4.00. The molecule has 2 N–H and O–H groups in total. The summed E-state index contributed by atoms with van der Waals surface area (Å²) in [4.78, 5) is 1.20. The zero-order valence-corrected chi connectivity index (χ0v) is 11.2. The van der Waals surface area contributed by atoms with E-state index in [4.69, 9.17) is 10.5 Å². The zero-order chi connectivity index (χ0) is 12.8. The van der Waals surface area contributed by atoms with Crippen molar-refractivity contribution in [2.24, 2.45) is 7.05 Å². The first-order chi connectivity index (χ1) is 8.74. The van der Waals surface area contributed by atoms with Crippen LogP contribution in [0.15, 0.2) is 41.6 Å². The lowest BCUT2D eigenvalue weighted by Gasteiger charge is -2.06. The molecule has 0 aliphatic rings. The van der Waals surface area contributed by atoms with Gasteiger partial charge in [0.2, 0.25) is 0 Å². The molecule has 0 bridgehead atoms. The van der Waals surface area contributed by atoms with E-state index in [-0.39, 0.29) is 0 Å². The van der Waals surface area contributed by atoms with Crippen molar-refractivity contribution >= 4 is 17.4 Å². The lowest BCUT2D eigenvalue weighted by atomic mass is 10.3. The lowest BCUT2D eigenvalue weighted by Crippen LogP contribution is -1.99. The molecule has 0 fully saturated rings. The van der Waals surface area contributed by atoms with Crippen molar-refractivity contribution in [3.05, 3.63) is 36.7 Å². The van der Waals surface area contributed by atoms with E-state index in [0.717, 1.165) is 23.6 Å². The lowest BCUT2D eigenvalue weighted by molar-refractivity contribution is 0.319. The second kappa shape index (κ2) is 6.35. The highest BCUT2D eigenvalue weighted by Crippen LogP contribution is 2.18. The number of thioether (sulfide) groups is 1. The Labute approximate surface area is 111 Å². The molecule has 2 aromatic rings. The molecular weight excluding hydrogens is 246 g/mol. The predicted octanol–water partition coefficient (Wildman–Crippen LogP) is 2.56. The number of nitrogens with two attached hydrogens (primary N) is 1. The maximum atomic E-state index is 5.67. The summed E-state index contributed by atoms with van der Waals surface area (Å²) in [6.45, 7) is 0.705. The maximum absolute atomic E-state index is 5.67. The van der Waals surface area contributed by atoms with Crippen LogP contribution in [0.1, 0.15) is 6.42 Å². The first kappa shape index (κ1) is 12.8. The van der Waals surface area contributed by atoms with Crippen molar-refractivity contribution in [3.8, 4) is 5.75 Å². The van der Waals surface area contributed by atoms with E-state index in [1.807, 2.05) is 48.4 Å². The van der Waals surface area contributed by atoms with Crippen LogP contribution in [0.5, 0.6) is 5.75 Å². The largest absolute Gasteiger partial charge is 0.493 e. The fraction of sp³-hybridized carbons (Fsp3) is 0.308. The molecule has 2 rings (SSSR count). The number of hydrogen-bond acceptors (Lipinski definition) is 4. The van der Waals surface area contributed by atoms with Crippen LogP contribution in [0.3, 0.4) is 0 Å². The van der Waals surface area contributed by atoms with Crippen LogP contribution in [0.4, 0.5) is 5.69 Å². The Morgan fingerprint density at radius 3 is 3.06 bits per heavy atom. The first-order valence-corrected chi connectivity index (χ1v) is 6.82. The van der Waals surface area contributed by atoms with Gasteiger partial charge in [0.15, 0.2) is 0 Å². The Morgan fingerprint density at radius 1 is 1.44 bits per heavy atom. The molecule has 0 unspecified atom stereocenters. The van der Waals surface area contributed by atoms with Gasteiger partial charge in [-0.3, -0.25) is 4.68 Å². The second-order valence-corrected chi connectivity index (χ2v) is 5.14. The van der Waals surface area contributed by atoms with Crippen LogP contribution in [0.25, 0.3) is 0 Å². The van der Waals surface area contributed by atoms with Crippen LogP contribution in [0, 0.1) is 0 Å².